The fraction of sp³-hybridized carbons (Fsp3) is 0.357. The van der Waals surface area contributed by atoms with Crippen molar-refractivity contribution in [2.24, 2.45) is 7.05 Å². The lowest BCUT2D eigenvalue weighted by Crippen LogP contribution is -2.05. The van der Waals surface area contributed by atoms with Crippen LogP contribution in [0.25, 0.3) is 0 Å². The van der Waals surface area contributed by atoms with Crippen molar-refractivity contribution >= 4 is 15.9 Å². The highest BCUT2D eigenvalue weighted by atomic mass is 79.9. The summed E-state index contributed by atoms with van der Waals surface area (Å²) in [5, 5.41) is 9.23. The molecule has 0 unspecified atom stereocenters. The van der Waals surface area contributed by atoms with Gasteiger partial charge in [0.1, 0.15) is 12.4 Å². The van der Waals surface area contributed by atoms with E-state index >= 15 is 0 Å². The molecule has 0 saturated carbocycles. The van der Waals surface area contributed by atoms with Gasteiger partial charge in [-0.2, -0.15) is 0 Å². The molecule has 0 radical (unpaired) electrons. The van der Waals surface area contributed by atoms with Gasteiger partial charge in [-0.25, -0.2) is 4.98 Å². The van der Waals surface area contributed by atoms with Gasteiger partial charge >= 0.3 is 0 Å². The van der Waals surface area contributed by atoms with Gasteiger partial charge in [0.25, 0.3) is 0 Å². The second-order valence-electron chi connectivity index (χ2n) is 4.24. The van der Waals surface area contributed by atoms with Crippen LogP contribution in [0, 0.1) is 0 Å². The van der Waals surface area contributed by atoms with Crippen molar-refractivity contribution < 1.29 is 14.6 Å². The van der Waals surface area contributed by atoms with E-state index in [1.165, 1.54) is 0 Å². The summed E-state index contributed by atoms with van der Waals surface area (Å²) in [6.07, 6.45) is 3.60. The van der Waals surface area contributed by atoms with Crippen molar-refractivity contribution in [3.63, 3.8) is 0 Å². The molecule has 2 rings (SSSR count). The van der Waals surface area contributed by atoms with Crippen LogP contribution >= 0.6 is 15.9 Å². The van der Waals surface area contributed by atoms with Gasteiger partial charge in [0.05, 0.1) is 17.7 Å². The Kier molecular flexibility index (Phi) is 5.03. The zero-order valence-corrected chi connectivity index (χ0v) is 13.1. The zero-order valence-electron chi connectivity index (χ0n) is 11.5. The summed E-state index contributed by atoms with van der Waals surface area (Å²) in [5.41, 5.74) is 0.768. The van der Waals surface area contributed by atoms with Crippen LogP contribution in [0.3, 0.4) is 0 Å². The molecule has 0 aliphatic rings. The van der Waals surface area contributed by atoms with E-state index in [9.17, 15) is 5.11 Å². The second-order valence-corrected chi connectivity index (χ2v) is 5.09. The predicted molar refractivity (Wildman–Crippen MR) is 78.8 cm³/mol. The van der Waals surface area contributed by atoms with Crippen LogP contribution < -0.4 is 9.47 Å². The van der Waals surface area contributed by atoms with E-state index in [0.29, 0.717) is 24.7 Å². The van der Waals surface area contributed by atoms with E-state index in [-0.39, 0.29) is 6.61 Å². The molecule has 0 aliphatic heterocycles. The number of aryl methyl sites for hydroxylation is 1. The third kappa shape index (κ3) is 3.32. The minimum atomic E-state index is -0.0433. The number of aliphatic hydroxyl groups excluding tert-OH is 1. The maximum Gasteiger partial charge on any atom is 0.176 e. The largest absolute Gasteiger partial charge is 0.490 e. The highest BCUT2D eigenvalue weighted by Gasteiger charge is 2.13. The smallest absolute Gasteiger partial charge is 0.176 e. The normalized spacial score (nSPS) is 10.6. The molecule has 20 heavy (non-hydrogen) atoms. The van der Waals surface area contributed by atoms with Crippen molar-refractivity contribution in [3.8, 4) is 11.5 Å². The number of hydrogen-bond acceptors (Lipinski definition) is 4. The number of benzene rings is 1. The Morgan fingerprint density at radius 1 is 1.35 bits per heavy atom. The lowest BCUT2D eigenvalue weighted by molar-refractivity contribution is 0.255. The van der Waals surface area contributed by atoms with Crippen LogP contribution in [0.4, 0.5) is 0 Å². The first-order valence-corrected chi connectivity index (χ1v) is 7.10. The molecule has 0 bridgehead atoms. The number of nitrogens with zero attached hydrogens (tertiary/aromatic N) is 2. The number of aliphatic hydroxyl groups is 1. The van der Waals surface area contributed by atoms with E-state index in [0.717, 1.165) is 15.9 Å². The van der Waals surface area contributed by atoms with Crippen molar-refractivity contribution in [2.45, 2.75) is 20.1 Å². The number of aromatic nitrogens is 2. The summed E-state index contributed by atoms with van der Waals surface area (Å²) in [4.78, 5) is 4.21. The van der Waals surface area contributed by atoms with Gasteiger partial charge < -0.3 is 19.1 Å². The van der Waals surface area contributed by atoms with Crippen LogP contribution in [-0.4, -0.2) is 21.3 Å². The lowest BCUT2D eigenvalue weighted by Gasteiger charge is -2.14. The number of hydrogen-bond donors (Lipinski definition) is 1. The SMILES string of the molecule is CCOc1cc(CO)cc(Br)c1OCc1nccn1C. The molecule has 0 fully saturated rings. The first-order valence-electron chi connectivity index (χ1n) is 6.30. The Bertz CT molecular complexity index is 584. The van der Waals surface area contributed by atoms with E-state index in [1.807, 2.05) is 30.8 Å². The average Bonchev–Trinajstić information content (AvgIpc) is 2.83. The highest BCUT2D eigenvalue weighted by Crippen LogP contribution is 2.37. The van der Waals surface area contributed by atoms with Crippen LogP contribution in [0.1, 0.15) is 18.3 Å². The van der Waals surface area contributed by atoms with Gasteiger partial charge in [-0.15, -0.1) is 0 Å². The van der Waals surface area contributed by atoms with Gasteiger partial charge in [-0.05, 0) is 40.5 Å². The third-order valence-corrected chi connectivity index (χ3v) is 3.41. The van der Waals surface area contributed by atoms with E-state index in [1.54, 1.807) is 12.3 Å². The maximum atomic E-state index is 9.23. The molecular weight excluding hydrogens is 324 g/mol. The molecule has 1 aromatic carbocycles. The van der Waals surface area contributed by atoms with E-state index in [2.05, 4.69) is 20.9 Å². The van der Waals surface area contributed by atoms with Gasteiger partial charge in [-0.1, -0.05) is 0 Å². The second kappa shape index (κ2) is 6.76. The molecule has 0 spiro atoms. The highest BCUT2D eigenvalue weighted by molar-refractivity contribution is 9.10. The summed E-state index contributed by atoms with van der Waals surface area (Å²) in [7, 11) is 1.92. The van der Waals surface area contributed by atoms with Gasteiger partial charge in [0.15, 0.2) is 11.5 Å². The number of imidazole rings is 1. The quantitative estimate of drug-likeness (QED) is 0.878. The Morgan fingerprint density at radius 3 is 2.75 bits per heavy atom. The minimum Gasteiger partial charge on any atom is -0.490 e. The first-order chi connectivity index (χ1) is 9.65. The van der Waals surface area contributed by atoms with Crippen LogP contribution in [0.5, 0.6) is 11.5 Å². The summed E-state index contributed by atoms with van der Waals surface area (Å²) >= 11 is 3.45. The third-order valence-electron chi connectivity index (χ3n) is 2.82. The first kappa shape index (κ1) is 14.9. The summed E-state index contributed by atoms with van der Waals surface area (Å²) in [6, 6.07) is 3.60. The van der Waals surface area contributed by atoms with Crippen LogP contribution in [0.2, 0.25) is 0 Å². The molecule has 1 N–H and O–H groups in total. The fourth-order valence-corrected chi connectivity index (χ4v) is 2.39. The Hall–Kier alpha value is -1.53. The van der Waals surface area contributed by atoms with Crippen molar-refractivity contribution in [3.05, 3.63) is 40.4 Å². The van der Waals surface area contributed by atoms with Gasteiger partial charge in [0.2, 0.25) is 0 Å². The Morgan fingerprint density at radius 2 is 2.15 bits per heavy atom. The van der Waals surface area contributed by atoms with Crippen molar-refractivity contribution in [1.82, 2.24) is 9.55 Å². The molecule has 1 heterocycles. The molecule has 6 heteroatoms. The van der Waals surface area contributed by atoms with Crippen molar-refractivity contribution in [2.75, 3.05) is 6.61 Å². The number of ether oxygens (including phenoxy) is 2. The fourth-order valence-electron chi connectivity index (χ4n) is 1.79. The lowest BCUT2D eigenvalue weighted by atomic mass is 10.2. The molecule has 0 saturated heterocycles. The van der Waals surface area contributed by atoms with Crippen LogP contribution in [-0.2, 0) is 20.3 Å². The van der Waals surface area contributed by atoms with Crippen molar-refractivity contribution in [1.29, 1.82) is 0 Å². The zero-order chi connectivity index (χ0) is 14.5. The molecule has 0 aliphatic carbocycles. The Labute approximate surface area is 126 Å². The summed E-state index contributed by atoms with van der Waals surface area (Å²) in [6.45, 7) is 2.74. The molecule has 0 amide bonds. The summed E-state index contributed by atoms with van der Waals surface area (Å²) in [5.74, 6) is 2.05. The standard InChI is InChI=1S/C14H17BrN2O3/c1-3-19-12-7-10(8-18)6-11(15)14(12)20-9-13-16-4-5-17(13)2/h4-7,18H,3,8-9H2,1-2H3. The summed E-state index contributed by atoms with van der Waals surface area (Å²) < 4.78 is 14.0. The molecular formula is C14H17BrN2O3. The predicted octanol–water partition coefficient (Wildman–Crippen LogP) is 2.65. The number of halogens is 1. The molecule has 2 aromatic rings. The molecule has 1 aromatic heterocycles. The van der Waals surface area contributed by atoms with Gasteiger partial charge in [0, 0.05) is 19.4 Å². The molecule has 108 valence electrons. The minimum absolute atomic E-state index is 0.0433. The molecule has 0 atom stereocenters. The van der Waals surface area contributed by atoms with Gasteiger partial charge in [-0.3, -0.25) is 0 Å². The topological polar surface area (TPSA) is 56.5 Å². The maximum absolute atomic E-state index is 9.23. The average molecular weight is 341 g/mol. The Balaban J connectivity index is 2.23. The van der Waals surface area contributed by atoms with Crippen LogP contribution in [0.15, 0.2) is 29.0 Å². The monoisotopic (exact) mass is 340 g/mol. The van der Waals surface area contributed by atoms with E-state index < -0.39 is 0 Å². The molecule has 5 nitrogen and oxygen atoms in total. The van der Waals surface area contributed by atoms with E-state index in [4.69, 9.17) is 9.47 Å². The number of rotatable bonds is 6.